The third-order valence-corrected chi connectivity index (χ3v) is 8.97. The number of carbonyl (C=O) groups is 4. The molecule has 0 aliphatic carbocycles. The van der Waals surface area contributed by atoms with Gasteiger partial charge in [-0.3, -0.25) is 19.3 Å². The van der Waals surface area contributed by atoms with Gasteiger partial charge < -0.3 is 37.6 Å². The van der Waals surface area contributed by atoms with E-state index in [1.54, 1.807) is 17.8 Å². The predicted molar refractivity (Wildman–Crippen MR) is 151 cm³/mol. The normalized spacial score (nSPS) is 19.3. The lowest BCUT2D eigenvalue weighted by Crippen LogP contribution is -2.71. The number of hydrogen-bond donors (Lipinski definition) is 6. The molecule has 9 N–H and O–H groups in total. The van der Waals surface area contributed by atoms with Crippen LogP contribution < -0.4 is 27.1 Å². The number of nitrogens with one attached hydrogen (secondary N) is 1. The van der Waals surface area contributed by atoms with Crippen molar-refractivity contribution in [2.24, 2.45) is 12.2 Å². The quantitative estimate of drug-likeness (QED) is 0.0448. The molecule has 0 aromatic carbocycles. The predicted octanol–water partition coefficient (Wildman–Crippen LogP) is -0.776. The molecule has 2 amide bonds. The third kappa shape index (κ3) is 6.46. The minimum Gasteiger partial charge on any atom is -0.481 e. The molecule has 41 heavy (non-hydrogen) atoms. The van der Waals surface area contributed by atoms with Crippen molar-refractivity contribution in [1.29, 1.82) is 0 Å². The van der Waals surface area contributed by atoms with Crippen molar-refractivity contribution in [2.75, 3.05) is 28.7 Å². The number of aliphatic carboxylic acids is 2. The highest BCUT2D eigenvalue weighted by molar-refractivity contribution is 8.01. The van der Waals surface area contributed by atoms with Gasteiger partial charge in [-0.2, -0.15) is 0 Å². The lowest BCUT2D eigenvalue weighted by Gasteiger charge is -2.49. The van der Waals surface area contributed by atoms with E-state index in [1.165, 1.54) is 35.8 Å². The Hall–Kier alpha value is -4.10. The van der Waals surface area contributed by atoms with Crippen molar-refractivity contribution < 1.29 is 38.8 Å². The average molecular weight is 625 g/mol. The number of hydrogen-bond acceptors (Lipinski definition) is 14. The van der Waals surface area contributed by atoms with Gasteiger partial charge in [0, 0.05) is 16.9 Å². The van der Waals surface area contributed by atoms with Crippen LogP contribution in [-0.2, 0) is 31.1 Å². The molecule has 0 spiro atoms. The molecule has 2 unspecified atom stereocenters. The summed E-state index contributed by atoms with van der Waals surface area (Å²) >= 11 is 3.58. The molecule has 1 fully saturated rings. The molecular weight excluding hydrogens is 598 g/mol. The number of amides is 2. The molecule has 4 heterocycles. The maximum absolute atomic E-state index is 13.2. The maximum atomic E-state index is 13.2. The standard InChI is InChI=1S/C22H25N9O7S3/c1-8(3-12(32)33)38-29-13(11-7-40-21(25)26-11)17(34)27-14-18(35)31-15(20(36)37)9(5-39-19(14)31)6-41-22-28-16(24)10(23)4-30(22)2/h4,7-8,14,19,24H,3,5-6,23H2,1-2H3,(H5,25,26,27,32,33,34,36,37)/p+1/b29-13-/t8?,14?,19-/m1/s1. The summed E-state index contributed by atoms with van der Waals surface area (Å²) in [6.07, 6.45) is 0.379. The summed E-state index contributed by atoms with van der Waals surface area (Å²) in [7, 11) is 1.73. The number of anilines is 3. The summed E-state index contributed by atoms with van der Waals surface area (Å²) in [5, 5.41) is 26.7. The van der Waals surface area contributed by atoms with E-state index < -0.39 is 41.3 Å². The van der Waals surface area contributed by atoms with Crippen LogP contribution in [0.4, 0.5) is 16.6 Å². The second-order valence-electron chi connectivity index (χ2n) is 8.91. The average Bonchev–Trinajstić information content (AvgIpc) is 3.33. The van der Waals surface area contributed by atoms with Crippen molar-refractivity contribution in [3.8, 4) is 0 Å². The fourth-order valence-corrected chi connectivity index (χ4v) is 6.88. The molecule has 0 radical (unpaired) electrons. The fraction of sp³-hybridized carbons (Fsp3) is 0.364. The molecule has 0 bridgehead atoms. The van der Waals surface area contributed by atoms with Gasteiger partial charge in [0.25, 0.3) is 17.6 Å². The molecular formula is C22H26N9O7S3+. The Morgan fingerprint density at radius 3 is 2.68 bits per heavy atom. The lowest BCUT2D eigenvalue weighted by atomic mass is 10.0. The number of carboxylic acids is 2. The summed E-state index contributed by atoms with van der Waals surface area (Å²) in [4.78, 5) is 64.0. The van der Waals surface area contributed by atoms with E-state index >= 15 is 0 Å². The van der Waals surface area contributed by atoms with Crippen molar-refractivity contribution in [1.82, 2.24) is 20.2 Å². The third-order valence-electron chi connectivity index (χ3n) is 5.82. The summed E-state index contributed by atoms with van der Waals surface area (Å²) < 4.78 is 1.66. The summed E-state index contributed by atoms with van der Waals surface area (Å²) in [5.41, 5.74) is 17.7. The molecule has 2 aliphatic rings. The van der Waals surface area contributed by atoms with Crippen LogP contribution in [0.25, 0.3) is 0 Å². The molecule has 16 nitrogen and oxygen atoms in total. The number of nitrogens with two attached hydrogens (primary N) is 3. The number of carbonyl (C=O) groups excluding carboxylic acids is 2. The Morgan fingerprint density at radius 1 is 1.32 bits per heavy atom. The Morgan fingerprint density at radius 2 is 2.05 bits per heavy atom. The minimum absolute atomic E-state index is 0.0722. The smallest absolute Gasteiger partial charge is 0.361 e. The lowest BCUT2D eigenvalue weighted by molar-refractivity contribution is -0.712. The number of thioether (sulfide) groups is 2. The summed E-state index contributed by atoms with van der Waals surface area (Å²) in [6, 6.07) is -1.05. The van der Waals surface area contributed by atoms with Gasteiger partial charge in [0.15, 0.2) is 10.8 Å². The number of thiazole rings is 1. The molecule has 2 aromatic rings. The molecule has 218 valence electrons. The molecule has 2 aliphatic heterocycles. The first-order valence-electron chi connectivity index (χ1n) is 11.8. The van der Waals surface area contributed by atoms with Gasteiger partial charge in [0.1, 0.15) is 40.8 Å². The second kappa shape index (κ2) is 12.2. The number of nitrogens with zero attached hydrogens (tertiary/aromatic N) is 5. The van der Waals surface area contributed by atoms with Gasteiger partial charge in [-0.25, -0.2) is 14.3 Å². The zero-order valence-corrected chi connectivity index (χ0v) is 24.1. The first-order chi connectivity index (χ1) is 19.4. The van der Waals surface area contributed by atoms with Gasteiger partial charge in [0.2, 0.25) is 0 Å². The SMILES string of the molecule is CC(CC(=O)O)O/N=C(\C(=O)NC1C(=O)N2C(C(=O)O)=C(CSc3nc(N)c(N)c[n+]3C)CS[C@H]12)c1csc(N)n1. The van der Waals surface area contributed by atoms with E-state index in [9.17, 15) is 24.3 Å². The zero-order chi connectivity index (χ0) is 30.0. The fourth-order valence-electron chi connectivity index (χ4n) is 3.89. The van der Waals surface area contributed by atoms with Gasteiger partial charge >= 0.3 is 17.1 Å². The molecule has 0 saturated carbocycles. The van der Waals surface area contributed by atoms with Gasteiger partial charge in [-0.1, -0.05) is 5.16 Å². The Labute approximate surface area is 245 Å². The summed E-state index contributed by atoms with van der Waals surface area (Å²) in [6.45, 7) is 1.46. The van der Waals surface area contributed by atoms with Crippen LogP contribution in [0.1, 0.15) is 19.0 Å². The first kappa shape index (κ1) is 29.9. The first-order valence-corrected chi connectivity index (χ1v) is 14.7. The number of rotatable bonds is 11. The molecule has 2 aromatic heterocycles. The van der Waals surface area contributed by atoms with Crippen LogP contribution >= 0.6 is 34.9 Å². The van der Waals surface area contributed by atoms with E-state index in [0.29, 0.717) is 16.4 Å². The second-order valence-corrected chi connectivity index (χ2v) is 11.8. The highest BCUT2D eigenvalue weighted by Crippen LogP contribution is 2.41. The summed E-state index contributed by atoms with van der Waals surface area (Å²) in [5.74, 6) is -3.18. The van der Waals surface area contributed by atoms with E-state index in [4.69, 9.17) is 27.1 Å². The monoisotopic (exact) mass is 624 g/mol. The molecule has 1 saturated heterocycles. The van der Waals surface area contributed by atoms with Crippen LogP contribution in [0.2, 0.25) is 0 Å². The van der Waals surface area contributed by atoms with Gasteiger partial charge in [-0.05, 0) is 29.2 Å². The van der Waals surface area contributed by atoms with Gasteiger partial charge in [0.05, 0.1) is 13.5 Å². The van der Waals surface area contributed by atoms with Crippen LogP contribution in [-0.4, -0.2) is 83.6 Å². The Balaban J connectivity index is 1.50. The number of oxime groups is 1. The number of aromatic nitrogens is 3. The maximum Gasteiger partial charge on any atom is 0.361 e. The van der Waals surface area contributed by atoms with Crippen molar-refractivity contribution in [2.45, 2.75) is 36.0 Å². The Kier molecular flexibility index (Phi) is 8.88. The van der Waals surface area contributed by atoms with E-state index in [-0.39, 0.29) is 46.0 Å². The van der Waals surface area contributed by atoms with Crippen LogP contribution in [0.3, 0.4) is 0 Å². The van der Waals surface area contributed by atoms with Crippen LogP contribution in [0, 0.1) is 0 Å². The van der Waals surface area contributed by atoms with Crippen molar-refractivity contribution >= 4 is 81.0 Å². The highest BCUT2D eigenvalue weighted by atomic mass is 32.2. The largest absolute Gasteiger partial charge is 0.481 e. The van der Waals surface area contributed by atoms with E-state index in [2.05, 4.69) is 20.4 Å². The molecule has 4 rings (SSSR count). The number of fused-ring (bicyclic) bond motifs is 1. The van der Waals surface area contributed by atoms with E-state index in [1.807, 2.05) is 0 Å². The number of nitrogen functional groups attached to an aromatic ring is 3. The van der Waals surface area contributed by atoms with Crippen molar-refractivity contribution in [3.63, 3.8) is 0 Å². The molecule has 19 heteroatoms. The van der Waals surface area contributed by atoms with Crippen LogP contribution in [0.15, 0.2) is 33.2 Å². The minimum atomic E-state index is -1.28. The number of carboxylic acid groups (broad SMARTS) is 2. The highest BCUT2D eigenvalue weighted by Gasteiger charge is 2.54. The molecule has 3 atom stereocenters. The zero-order valence-electron chi connectivity index (χ0n) is 21.6. The topological polar surface area (TPSA) is 253 Å². The number of aryl methyl sites for hydroxylation is 1. The Bertz CT molecular complexity index is 1480. The van der Waals surface area contributed by atoms with Crippen LogP contribution in [0.5, 0.6) is 0 Å². The van der Waals surface area contributed by atoms with Gasteiger partial charge in [-0.15, -0.1) is 23.1 Å². The van der Waals surface area contributed by atoms with E-state index in [0.717, 1.165) is 16.2 Å². The van der Waals surface area contributed by atoms with Crippen molar-refractivity contribution in [3.05, 3.63) is 28.5 Å². The number of β-lactam (4-membered cyclic amide) rings is 1.